The number of nitrogens with zero attached hydrogens (tertiary/aromatic N) is 2. The highest BCUT2D eigenvalue weighted by Crippen LogP contribution is 2.28. The summed E-state index contributed by atoms with van der Waals surface area (Å²) < 4.78 is 0. The lowest BCUT2D eigenvalue weighted by molar-refractivity contribution is -0.141. The van der Waals surface area contributed by atoms with Gasteiger partial charge < -0.3 is 15.1 Å². The number of piperidine rings is 2. The van der Waals surface area contributed by atoms with E-state index in [1.807, 2.05) is 40.1 Å². The molecule has 0 radical (unpaired) electrons. The molecule has 29 heavy (non-hydrogen) atoms. The second kappa shape index (κ2) is 10.4. The average molecular weight is 420 g/mol. The SMILES string of the molecule is Cl.O=C(Cc1ccccc1)N1CCCC(C(=O)N2CCC(NCC3CC3)CC2)C1. The number of carbonyl (C=O) groups is 2. The van der Waals surface area contributed by atoms with Gasteiger partial charge in [0.2, 0.25) is 11.8 Å². The van der Waals surface area contributed by atoms with Gasteiger partial charge in [0.1, 0.15) is 0 Å². The molecule has 4 rings (SSSR count). The predicted octanol–water partition coefficient (Wildman–Crippen LogP) is 2.88. The Morgan fingerprint density at radius 1 is 0.931 bits per heavy atom. The molecule has 2 heterocycles. The van der Waals surface area contributed by atoms with Crippen LogP contribution in [0.4, 0.5) is 0 Å². The molecule has 1 atom stereocenters. The van der Waals surface area contributed by atoms with Crippen molar-refractivity contribution in [2.75, 3.05) is 32.7 Å². The van der Waals surface area contributed by atoms with Gasteiger partial charge in [-0.2, -0.15) is 0 Å². The van der Waals surface area contributed by atoms with Gasteiger partial charge in [-0.1, -0.05) is 30.3 Å². The Bertz CT molecular complexity index is 672. The van der Waals surface area contributed by atoms with Gasteiger partial charge in [0.05, 0.1) is 12.3 Å². The highest BCUT2D eigenvalue weighted by molar-refractivity contribution is 5.85. The number of rotatable bonds is 6. The fraction of sp³-hybridized carbons (Fsp3) is 0.652. The third kappa shape index (κ3) is 6.19. The summed E-state index contributed by atoms with van der Waals surface area (Å²) in [7, 11) is 0. The lowest BCUT2D eigenvalue weighted by Gasteiger charge is -2.38. The lowest BCUT2D eigenvalue weighted by atomic mass is 9.94. The van der Waals surface area contributed by atoms with Gasteiger partial charge in [0.25, 0.3) is 0 Å². The van der Waals surface area contributed by atoms with Gasteiger partial charge in [0, 0.05) is 32.2 Å². The number of benzene rings is 1. The maximum atomic E-state index is 13.0. The smallest absolute Gasteiger partial charge is 0.227 e. The zero-order chi connectivity index (χ0) is 19.3. The molecule has 160 valence electrons. The number of halogens is 1. The lowest BCUT2D eigenvalue weighted by Crippen LogP contribution is -2.50. The van der Waals surface area contributed by atoms with Crippen LogP contribution in [0.25, 0.3) is 0 Å². The summed E-state index contributed by atoms with van der Waals surface area (Å²) in [6.45, 7) is 4.23. The van der Waals surface area contributed by atoms with Crippen LogP contribution >= 0.6 is 12.4 Å². The first kappa shape index (κ1) is 22.1. The standard InChI is InChI=1S/C23H33N3O2.ClH/c27-22(15-18-5-2-1-3-6-18)26-12-4-7-20(17-26)23(28)25-13-10-21(11-14-25)24-16-19-8-9-19;/h1-3,5-6,19-21,24H,4,7-17H2;1H. The first-order valence-corrected chi connectivity index (χ1v) is 11.0. The molecule has 3 aliphatic rings. The Labute approximate surface area is 180 Å². The van der Waals surface area contributed by atoms with Crippen LogP contribution in [0.2, 0.25) is 0 Å². The van der Waals surface area contributed by atoms with E-state index in [2.05, 4.69) is 5.32 Å². The molecule has 2 aliphatic heterocycles. The molecule has 5 nitrogen and oxygen atoms in total. The molecule has 3 fully saturated rings. The van der Waals surface area contributed by atoms with E-state index in [1.165, 1.54) is 12.8 Å². The molecule has 1 unspecified atom stereocenters. The first-order chi connectivity index (χ1) is 13.7. The molecule has 1 aromatic rings. The fourth-order valence-corrected chi connectivity index (χ4v) is 4.51. The Morgan fingerprint density at radius 2 is 1.66 bits per heavy atom. The molecule has 1 aromatic carbocycles. The van der Waals surface area contributed by atoms with Crippen LogP contribution < -0.4 is 5.32 Å². The summed E-state index contributed by atoms with van der Waals surface area (Å²) in [5, 5.41) is 3.68. The van der Waals surface area contributed by atoms with E-state index in [-0.39, 0.29) is 30.1 Å². The molecule has 2 amide bonds. The molecular weight excluding hydrogens is 386 g/mol. The molecule has 0 spiro atoms. The van der Waals surface area contributed by atoms with Gasteiger partial charge in [0.15, 0.2) is 0 Å². The molecular formula is C23H34ClN3O2. The van der Waals surface area contributed by atoms with Crippen LogP contribution in [-0.2, 0) is 16.0 Å². The van der Waals surface area contributed by atoms with Crippen molar-refractivity contribution in [3.63, 3.8) is 0 Å². The second-order valence-corrected chi connectivity index (χ2v) is 8.79. The Kier molecular flexibility index (Phi) is 7.96. The number of carbonyl (C=O) groups excluding carboxylic acids is 2. The largest absolute Gasteiger partial charge is 0.342 e. The van der Waals surface area contributed by atoms with Crippen LogP contribution in [0.5, 0.6) is 0 Å². The van der Waals surface area contributed by atoms with Crippen molar-refractivity contribution >= 4 is 24.2 Å². The Morgan fingerprint density at radius 3 is 2.34 bits per heavy atom. The van der Waals surface area contributed by atoms with E-state index in [9.17, 15) is 9.59 Å². The second-order valence-electron chi connectivity index (χ2n) is 8.79. The topological polar surface area (TPSA) is 52.7 Å². The molecule has 2 saturated heterocycles. The predicted molar refractivity (Wildman–Crippen MR) is 117 cm³/mol. The van der Waals surface area contributed by atoms with Crippen molar-refractivity contribution in [3.8, 4) is 0 Å². The number of likely N-dealkylation sites (tertiary alicyclic amines) is 2. The number of hydrogen-bond donors (Lipinski definition) is 1. The normalized spacial score (nSPS) is 22.8. The van der Waals surface area contributed by atoms with Crippen molar-refractivity contribution in [3.05, 3.63) is 35.9 Å². The van der Waals surface area contributed by atoms with E-state index in [0.717, 1.165) is 63.3 Å². The summed E-state index contributed by atoms with van der Waals surface area (Å²) in [6.07, 6.45) is 7.14. The monoisotopic (exact) mass is 419 g/mol. The molecule has 0 bridgehead atoms. The zero-order valence-electron chi connectivity index (χ0n) is 17.2. The number of hydrogen-bond acceptors (Lipinski definition) is 3. The van der Waals surface area contributed by atoms with Gasteiger partial charge in [-0.25, -0.2) is 0 Å². The minimum atomic E-state index is -0.0237. The first-order valence-electron chi connectivity index (χ1n) is 11.0. The van der Waals surface area contributed by atoms with Crippen LogP contribution in [0.1, 0.15) is 44.1 Å². The Hall–Kier alpha value is -1.59. The van der Waals surface area contributed by atoms with Crippen LogP contribution in [-0.4, -0.2) is 60.4 Å². The maximum absolute atomic E-state index is 13.0. The van der Waals surface area contributed by atoms with Crippen LogP contribution in [0, 0.1) is 11.8 Å². The quantitative estimate of drug-likeness (QED) is 0.771. The van der Waals surface area contributed by atoms with E-state index >= 15 is 0 Å². The maximum Gasteiger partial charge on any atom is 0.227 e. The minimum Gasteiger partial charge on any atom is -0.342 e. The van der Waals surface area contributed by atoms with Crippen molar-refractivity contribution in [2.45, 2.75) is 51.0 Å². The van der Waals surface area contributed by atoms with Crippen molar-refractivity contribution in [1.82, 2.24) is 15.1 Å². The summed E-state index contributed by atoms with van der Waals surface area (Å²) in [5.41, 5.74) is 1.04. The van der Waals surface area contributed by atoms with Gasteiger partial charge in [-0.15, -0.1) is 12.4 Å². The van der Waals surface area contributed by atoms with Crippen LogP contribution in [0.15, 0.2) is 30.3 Å². The van der Waals surface area contributed by atoms with Crippen molar-refractivity contribution in [2.24, 2.45) is 11.8 Å². The van der Waals surface area contributed by atoms with Crippen molar-refractivity contribution < 1.29 is 9.59 Å². The number of amides is 2. The highest BCUT2D eigenvalue weighted by Gasteiger charge is 2.33. The minimum absolute atomic E-state index is 0. The fourth-order valence-electron chi connectivity index (χ4n) is 4.51. The summed E-state index contributed by atoms with van der Waals surface area (Å²) >= 11 is 0. The van der Waals surface area contributed by atoms with Gasteiger partial charge in [-0.3, -0.25) is 9.59 Å². The summed E-state index contributed by atoms with van der Waals surface area (Å²) in [5.74, 6) is 1.29. The third-order valence-electron chi connectivity index (χ3n) is 6.52. The van der Waals surface area contributed by atoms with E-state index < -0.39 is 0 Å². The number of nitrogens with one attached hydrogen (secondary N) is 1. The molecule has 6 heteroatoms. The molecule has 1 saturated carbocycles. The molecule has 0 aromatic heterocycles. The van der Waals surface area contributed by atoms with E-state index in [4.69, 9.17) is 0 Å². The average Bonchev–Trinajstić information content (AvgIpc) is 3.57. The molecule has 1 N–H and O–H groups in total. The third-order valence-corrected chi connectivity index (χ3v) is 6.52. The van der Waals surface area contributed by atoms with Crippen LogP contribution in [0.3, 0.4) is 0 Å². The van der Waals surface area contributed by atoms with Crippen molar-refractivity contribution in [1.29, 1.82) is 0 Å². The summed E-state index contributed by atoms with van der Waals surface area (Å²) in [6, 6.07) is 10.5. The van der Waals surface area contributed by atoms with Gasteiger partial charge >= 0.3 is 0 Å². The highest BCUT2D eigenvalue weighted by atomic mass is 35.5. The Balaban J connectivity index is 0.00000240. The molecule has 1 aliphatic carbocycles. The van der Waals surface area contributed by atoms with E-state index in [1.54, 1.807) is 0 Å². The summed E-state index contributed by atoms with van der Waals surface area (Å²) in [4.78, 5) is 29.7. The van der Waals surface area contributed by atoms with Gasteiger partial charge in [-0.05, 0) is 56.6 Å². The zero-order valence-corrected chi connectivity index (χ0v) is 18.0. The van der Waals surface area contributed by atoms with E-state index in [0.29, 0.717) is 19.0 Å².